The molecule has 2 fully saturated rings. The summed E-state index contributed by atoms with van der Waals surface area (Å²) in [6, 6.07) is 16.6. The Morgan fingerprint density at radius 2 is 1.60 bits per heavy atom. The number of aromatic carboxylic acids is 1. The zero-order valence-corrected chi connectivity index (χ0v) is 16.8. The molecule has 1 saturated carbocycles. The number of rotatable bonds is 6. The fourth-order valence-electron chi connectivity index (χ4n) is 3.15. The molecule has 1 saturated heterocycles. The Morgan fingerprint density at radius 3 is 2.13 bits per heavy atom. The van der Waals surface area contributed by atoms with E-state index in [-0.39, 0.29) is 18.1 Å². The summed E-state index contributed by atoms with van der Waals surface area (Å²) in [5, 5.41) is 8.78. The van der Waals surface area contributed by atoms with Crippen molar-refractivity contribution in [3.8, 4) is 5.75 Å². The number of carboxylic acid groups (broad SMARTS) is 1. The Bertz CT molecular complexity index is 842. The van der Waals surface area contributed by atoms with Crippen molar-refractivity contribution in [3.63, 3.8) is 0 Å². The molecular formula is C23H26N2O5. The van der Waals surface area contributed by atoms with Gasteiger partial charge in [0.25, 0.3) is 5.91 Å². The molecule has 0 unspecified atom stereocenters. The van der Waals surface area contributed by atoms with Gasteiger partial charge in [0, 0.05) is 26.2 Å². The fraction of sp³-hybridized carbons (Fsp3) is 0.348. The second-order valence-corrected chi connectivity index (χ2v) is 7.33. The van der Waals surface area contributed by atoms with Crippen molar-refractivity contribution < 1.29 is 24.2 Å². The maximum absolute atomic E-state index is 11.9. The van der Waals surface area contributed by atoms with Gasteiger partial charge in [-0.25, -0.2) is 4.79 Å². The fourth-order valence-corrected chi connectivity index (χ4v) is 3.15. The predicted octanol–water partition coefficient (Wildman–Crippen LogP) is 2.63. The van der Waals surface area contributed by atoms with Gasteiger partial charge in [0.05, 0.1) is 5.56 Å². The molecule has 1 aliphatic heterocycles. The summed E-state index contributed by atoms with van der Waals surface area (Å²) in [5.74, 6) is 0.194. The zero-order chi connectivity index (χ0) is 21.3. The third kappa shape index (κ3) is 6.34. The number of hydrogen-bond acceptors (Lipinski definition) is 4. The molecule has 2 aliphatic rings. The first-order valence-electron chi connectivity index (χ1n) is 10.0. The van der Waals surface area contributed by atoms with Gasteiger partial charge in [-0.05, 0) is 48.6 Å². The van der Waals surface area contributed by atoms with Gasteiger partial charge >= 0.3 is 5.97 Å². The van der Waals surface area contributed by atoms with Crippen molar-refractivity contribution in [3.05, 3.63) is 65.7 Å². The van der Waals surface area contributed by atoms with Gasteiger partial charge in [-0.2, -0.15) is 0 Å². The zero-order valence-electron chi connectivity index (χ0n) is 16.8. The van der Waals surface area contributed by atoms with Crippen molar-refractivity contribution in [2.75, 3.05) is 32.8 Å². The summed E-state index contributed by atoms with van der Waals surface area (Å²) >= 11 is 0. The van der Waals surface area contributed by atoms with E-state index in [0.717, 1.165) is 12.3 Å². The summed E-state index contributed by atoms with van der Waals surface area (Å²) in [6.07, 6.45) is 3.59. The largest absolute Gasteiger partial charge is 0.484 e. The highest BCUT2D eigenvalue weighted by molar-refractivity contribution is 5.87. The molecule has 2 aromatic rings. The molecule has 0 bridgehead atoms. The van der Waals surface area contributed by atoms with Crippen LogP contribution in [0.5, 0.6) is 5.75 Å². The number of amides is 2. The van der Waals surface area contributed by atoms with Gasteiger partial charge in [0.1, 0.15) is 5.75 Å². The quantitative estimate of drug-likeness (QED) is 0.740. The average molecular weight is 410 g/mol. The molecule has 1 aliphatic carbocycles. The third-order valence-corrected chi connectivity index (χ3v) is 5.13. The smallest absolute Gasteiger partial charge is 0.335 e. The molecule has 0 spiro atoms. The minimum Gasteiger partial charge on any atom is -0.484 e. The molecule has 7 heteroatoms. The minimum absolute atomic E-state index is 0.104. The Balaban J connectivity index is 0.000000234. The number of carbonyl (C=O) groups excluding carboxylic acids is 2. The molecule has 2 aromatic carbocycles. The van der Waals surface area contributed by atoms with E-state index >= 15 is 0 Å². The predicted molar refractivity (Wildman–Crippen MR) is 112 cm³/mol. The molecule has 30 heavy (non-hydrogen) atoms. The second kappa shape index (κ2) is 10.4. The molecule has 158 valence electrons. The van der Waals surface area contributed by atoms with Crippen LogP contribution in [-0.4, -0.2) is 66.0 Å². The molecule has 0 radical (unpaired) electrons. The summed E-state index contributed by atoms with van der Waals surface area (Å²) < 4.78 is 5.34. The summed E-state index contributed by atoms with van der Waals surface area (Å²) in [7, 11) is 0. The number of carbonyl (C=O) groups is 3. The molecule has 2 amide bonds. The molecule has 1 heterocycles. The lowest BCUT2D eigenvalue weighted by Crippen LogP contribution is -2.49. The number of piperazine rings is 1. The summed E-state index contributed by atoms with van der Waals surface area (Å²) in [4.78, 5) is 36.5. The Hall–Kier alpha value is -3.35. The van der Waals surface area contributed by atoms with Crippen LogP contribution in [0.3, 0.4) is 0 Å². The number of benzene rings is 2. The van der Waals surface area contributed by atoms with Crippen LogP contribution in [0.1, 0.15) is 34.7 Å². The first kappa shape index (κ1) is 21.4. The highest BCUT2D eigenvalue weighted by atomic mass is 16.5. The number of nitrogens with zero attached hydrogens (tertiary/aromatic N) is 2. The van der Waals surface area contributed by atoms with Crippen molar-refractivity contribution >= 4 is 18.3 Å². The van der Waals surface area contributed by atoms with E-state index in [9.17, 15) is 14.4 Å². The van der Waals surface area contributed by atoms with E-state index < -0.39 is 5.97 Å². The Labute approximate surface area is 175 Å². The normalized spacial score (nSPS) is 15.6. The van der Waals surface area contributed by atoms with Crippen LogP contribution >= 0.6 is 0 Å². The van der Waals surface area contributed by atoms with Crippen LogP contribution in [0.25, 0.3) is 0 Å². The van der Waals surface area contributed by atoms with Gasteiger partial charge in [-0.15, -0.1) is 0 Å². The lowest BCUT2D eigenvalue weighted by atomic mass is 10.1. The topological polar surface area (TPSA) is 87.2 Å². The van der Waals surface area contributed by atoms with Crippen molar-refractivity contribution in [2.45, 2.75) is 18.8 Å². The maximum Gasteiger partial charge on any atom is 0.335 e. The van der Waals surface area contributed by atoms with E-state index in [1.54, 1.807) is 9.80 Å². The van der Waals surface area contributed by atoms with E-state index in [1.165, 1.54) is 42.7 Å². The second-order valence-electron chi connectivity index (χ2n) is 7.33. The maximum atomic E-state index is 11.9. The minimum atomic E-state index is -1.01. The van der Waals surface area contributed by atoms with Crippen LogP contribution < -0.4 is 4.74 Å². The third-order valence-electron chi connectivity index (χ3n) is 5.13. The summed E-state index contributed by atoms with van der Waals surface area (Å²) in [5.41, 5.74) is 1.69. The van der Waals surface area contributed by atoms with Crippen molar-refractivity contribution in [1.82, 2.24) is 9.80 Å². The molecule has 1 N–H and O–H groups in total. The molecular weight excluding hydrogens is 384 g/mol. The van der Waals surface area contributed by atoms with Crippen molar-refractivity contribution in [2.24, 2.45) is 0 Å². The monoisotopic (exact) mass is 410 g/mol. The highest BCUT2D eigenvalue weighted by Gasteiger charge is 2.22. The van der Waals surface area contributed by atoms with E-state index in [1.807, 2.05) is 0 Å². The lowest BCUT2D eigenvalue weighted by molar-refractivity contribution is -0.137. The number of carboxylic acids is 1. The van der Waals surface area contributed by atoms with Crippen molar-refractivity contribution in [1.29, 1.82) is 0 Å². The van der Waals surface area contributed by atoms with Gasteiger partial charge in [-0.1, -0.05) is 30.3 Å². The van der Waals surface area contributed by atoms with Crippen LogP contribution in [0, 0.1) is 0 Å². The number of ether oxygens (including phenoxy) is 1. The average Bonchev–Trinajstić information content (AvgIpc) is 3.64. The first-order valence-corrected chi connectivity index (χ1v) is 10.0. The SMILES string of the molecule is O=CN1CCN(C(=O)COc2ccc(C(=O)O)cc2)CC1.c1ccc(C2CC2)cc1. The van der Waals surface area contributed by atoms with Crippen LogP contribution in [0.2, 0.25) is 0 Å². The lowest BCUT2D eigenvalue weighted by Gasteiger charge is -2.32. The van der Waals surface area contributed by atoms with E-state index in [2.05, 4.69) is 30.3 Å². The van der Waals surface area contributed by atoms with Crippen LogP contribution in [0.4, 0.5) is 0 Å². The number of hydrogen-bond donors (Lipinski definition) is 1. The highest BCUT2D eigenvalue weighted by Crippen LogP contribution is 2.39. The molecule has 0 atom stereocenters. The van der Waals surface area contributed by atoms with Gasteiger partial charge in [-0.3, -0.25) is 9.59 Å². The molecule has 7 nitrogen and oxygen atoms in total. The molecule has 0 aromatic heterocycles. The Kier molecular flexibility index (Phi) is 7.43. The van der Waals surface area contributed by atoms with Gasteiger partial charge in [0.15, 0.2) is 6.61 Å². The standard InChI is InChI=1S/C14H16N2O5.C9H10/c17-10-15-5-7-16(8-6-15)13(18)9-21-12-3-1-11(2-4-12)14(19)20;1-2-4-8(5-3-1)9-6-7-9/h1-4,10H,5-9H2,(H,19,20);1-5,9H,6-7H2. The van der Waals surface area contributed by atoms with E-state index in [4.69, 9.17) is 9.84 Å². The molecule has 4 rings (SSSR count). The Morgan fingerprint density at radius 1 is 0.967 bits per heavy atom. The van der Waals surface area contributed by atoms with Crippen LogP contribution in [-0.2, 0) is 9.59 Å². The van der Waals surface area contributed by atoms with E-state index in [0.29, 0.717) is 31.9 Å². The first-order chi connectivity index (χ1) is 14.6. The van der Waals surface area contributed by atoms with Gasteiger partial charge in [0.2, 0.25) is 6.41 Å². The summed E-state index contributed by atoms with van der Waals surface area (Å²) in [6.45, 7) is 1.95. The van der Waals surface area contributed by atoms with Crippen LogP contribution in [0.15, 0.2) is 54.6 Å². The van der Waals surface area contributed by atoms with Gasteiger partial charge < -0.3 is 19.6 Å².